The highest BCUT2D eigenvalue weighted by Crippen LogP contribution is 2.29. The summed E-state index contributed by atoms with van der Waals surface area (Å²) in [6, 6.07) is 5.18. The van der Waals surface area contributed by atoms with E-state index in [-0.39, 0.29) is 11.0 Å². The zero-order valence-electron chi connectivity index (χ0n) is 11.9. The Morgan fingerprint density at radius 2 is 1.95 bits per heavy atom. The van der Waals surface area contributed by atoms with Crippen molar-refractivity contribution in [2.75, 3.05) is 6.54 Å². The van der Waals surface area contributed by atoms with E-state index in [4.69, 9.17) is 18.0 Å². The van der Waals surface area contributed by atoms with Gasteiger partial charge in [-0.1, -0.05) is 24.7 Å². The van der Waals surface area contributed by atoms with Gasteiger partial charge in [-0.15, -0.1) is 0 Å². The number of piperidine rings is 1. The molecule has 1 fully saturated rings. The number of nitrogens with zero attached hydrogens (tertiary/aromatic N) is 1. The highest BCUT2D eigenvalue weighted by molar-refractivity contribution is 7.89. The maximum Gasteiger partial charge on any atom is 0.243 e. The van der Waals surface area contributed by atoms with Gasteiger partial charge >= 0.3 is 0 Å². The second-order valence-corrected chi connectivity index (χ2v) is 8.18. The van der Waals surface area contributed by atoms with E-state index in [0.717, 1.165) is 38.5 Å². The Labute approximate surface area is 131 Å². The van der Waals surface area contributed by atoms with E-state index in [1.54, 1.807) is 6.07 Å². The molecule has 3 rings (SSSR count). The molecule has 1 saturated heterocycles. The Morgan fingerprint density at radius 1 is 1.19 bits per heavy atom. The second-order valence-electron chi connectivity index (χ2n) is 5.81. The van der Waals surface area contributed by atoms with Crippen LogP contribution in [-0.4, -0.2) is 30.3 Å². The molecule has 0 aromatic heterocycles. The highest BCUT2D eigenvalue weighted by Gasteiger charge is 2.35. The third-order valence-corrected chi connectivity index (χ3v) is 6.63. The maximum atomic E-state index is 12.9. The lowest BCUT2D eigenvalue weighted by Gasteiger charge is -2.34. The largest absolute Gasteiger partial charge is 0.392 e. The molecule has 1 aliphatic heterocycles. The maximum absolute atomic E-state index is 12.9. The van der Waals surface area contributed by atoms with Crippen LogP contribution in [0.3, 0.4) is 0 Å². The molecule has 2 aliphatic rings. The van der Waals surface area contributed by atoms with Gasteiger partial charge in [-0.2, -0.15) is 4.31 Å². The van der Waals surface area contributed by atoms with Crippen molar-refractivity contribution in [2.45, 2.75) is 49.5 Å². The van der Waals surface area contributed by atoms with Gasteiger partial charge in [0.1, 0.15) is 0 Å². The fourth-order valence-electron chi connectivity index (χ4n) is 3.32. The van der Waals surface area contributed by atoms with Gasteiger partial charge in [-0.25, -0.2) is 8.42 Å². The van der Waals surface area contributed by atoms with Crippen LogP contribution in [0, 0.1) is 0 Å². The molecule has 6 heteroatoms. The molecule has 1 heterocycles. The van der Waals surface area contributed by atoms with Crippen molar-refractivity contribution in [3.8, 4) is 0 Å². The molecule has 21 heavy (non-hydrogen) atoms. The van der Waals surface area contributed by atoms with Crippen LogP contribution in [0.25, 0.3) is 0 Å². The number of fused-ring (bicyclic) bond motifs is 1. The summed E-state index contributed by atoms with van der Waals surface area (Å²) in [5, 5.41) is 0. The Kier molecular flexibility index (Phi) is 4.03. The fourth-order valence-corrected chi connectivity index (χ4v) is 5.36. The molecule has 1 aliphatic carbocycles. The first-order valence-electron chi connectivity index (χ1n) is 7.43. The minimum Gasteiger partial charge on any atom is -0.392 e. The first kappa shape index (κ1) is 14.9. The van der Waals surface area contributed by atoms with Crippen LogP contribution in [-0.2, 0) is 22.9 Å². The predicted molar refractivity (Wildman–Crippen MR) is 86.8 cm³/mol. The van der Waals surface area contributed by atoms with Crippen LogP contribution in [0.2, 0.25) is 0 Å². The predicted octanol–water partition coefficient (Wildman–Crippen LogP) is 2.00. The average molecular weight is 324 g/mol. The monoisotopic (exact) mass is 324 g/mol. The van der Waals surface area contributed by atoms with Crippen LogP contribution in [0.4, 0.5) is 0 Å². The Morgan fingerprint density at radius 3 is 2.71 bits per heavy atom. The molecular formula is C15H20N2O2S2. The second kappa shape index (κ2) is 5.66. The molecule has 0 amide bonds. The summed E-state index contributed by atoms with van der Waals surface area (Å²) in [4.78, 5) is 0.658. The summed E-state index contributed by atoms with van der Waals surface area (Å²) in [5.74, 6) is 0. The van der Waals surface area contributed by atoms with Crippen molar-refractivity contribution in [3.63, 3.8) is 0 Å². The molecule has 4 nitrogen and oxygen atoms in total. The number of rotatable bonds is 3. The van der Waals surface area contributed by atoms with Gasteiger partial charge in [0.25, 0.3) is 0 Å². The first-order chi connectivity index (χ1) is 10.00. The smallest absolute Gasteiger partial charge is 0.243 e. The Bertz CT molecular complexity index is 670. The van der Waals surface area contributed by atoms with Crippen molar-refractivity contribution in [3.05, 3.63) is 29.3 Å². The lowest BCUT2D eigenvalue weighted by Crippen LogP contribution is -2.49. The van der Waals surface area contributed by atoms with Crippen molar-refractivity contribution in [1.29, 1.82) is 0 Å². The summed E-state index contributed by atoms with van der Waals surface area (Å²) in [5.41, 5.74) is 8.19. The third kappa shape index (κ3) is 2.72. The molecule has 2 N–H and O–H groups in total. The summed E-state index contributed by atoms with van der Waals surface area (Å²) >= 11 is 5.06. The van der Waals surface area contributed by atoms with E-state index in [1.807, 2.05) is 12.1 Å². The summed E-state index contributed by atoms with van der Waals surface area (Å²) in [6.07, 6.45) is 5.69. The molecule has 0 radical (unpaired) electrons. The van der Waals surface area contributed by atoms with Crippen LogP contribution >= 0.6 is 12.2 Å². The molecule has 0 spiro atoms. The van der Waals surface area contributed by atoms with Gasteiger partial charge in [0.05, 0.1) is 15.9 Å². The molecule has 0 saturated carbocycles. The molecule has 1 aromatic rings. The Hall–Kier alpha value is -0.980. The zero-order chi connectivity index (χ0) is 15.0. The summed E-state index contributed by atoms with van der Waals surface area (Å²) in [6.45, 7) is 0.501. The fraction of sp³-hybridized carbons (Fsp3) is 0.533. The van der Waals surface area contributed by atoms with Gasteiger partial charge < -0.3 is 5.73 Å². The molecule has 1 aromatic carbocycles. The number of hydrogen-bond donors (Lipinski definition) is 1. The van der Waals surface area contributed by atoms with E-state index in [0.29, 0.717) is 11.4 Å². The molecule has 114 valence electrons. The number of nitrogens with two attached hydrogens (primary N) is 1. The molecule has 0 bridgehead atoms. The normalized spacial score (nSPS) is 23.0. The van der Waals surface area contributed by atoms with Crippen LogP contribution in [0.1, 0.15) is 36.8 Å². The number of benzene rings is 1. The summed E-state index contributed by atoms with van der Waals surface area (Å²) in [7, 11) is -3.51. The van der Waals surface area contributed by atoms with Crippen LogP contribution in [0.5, 0.6) is 0 Å². The van der Waals surface area contributed by atoms with Crippen molar-refractivity contribution in [1.82, 2.24) is 4.31 Å². The molecule has 1 atom stereocenters. The average Bonchev–Trinajstić information content (AvgIpc) is 2.94. The number of hydrogen-bond acceptors (Lipinski definition) is 3. The summed E-state index contributed by atoms with van der Waals surface area (Å²) < 4.78 is 27.3. The van der Waals surface area contributed by atoms with Crippen molar-refractivity contribution in [2.24, 2.45) is 5.73 Å². The van der Waals surface area contributed by atoms with E-state index in [2.05, 4.69) is 0 Å². The number of thiocarbonyl (C=S) groups is 1. The van der Waals surface area contributed by atoms with Gasteiger partial charge in [-0.05, 0) is 55.4 Å². The van der Waals surface area contributed by atoms with Crippen LogP contribution < -0.4 is 5.73 Å². The standard InChI is InChI=1S/C15H20N2O2S2/c16-15(20)14-6-1-2-9-17(14)21(18,19)13-8-7-11-4-3-5-12(11)10-13/h7-8,10,14H,1-6,9H2,(H2,16,20). The minimum absolute atomic E-state index is 0.277. The van der Waals surface area contributed by atoms with Gasteiger partial charge in [-0.3, -0.25) is 0 Å². The minimum atomic E-state index is -3.51. The van der Waals surface area contributed by atoms with E-state index >= 15 is 0 Å². The van der Waals surface area contributed by atoms with Crippen LogP contribution in [0.15, 0.2) is 23.1 Å². The number of sulfonamides is 1. The highest BCUT2D eigenvalue weighted by atomic mass is 32.2. The van der Waals surface area contributed by atoms with Gasteiger partial charge in [0, 0.05) is 6.54 Å². The van der Waals surface area contributed by atoms with E-state index in [9.17, 15) is 8.42 Å². The topological polar surface area (TPSA) is 63.4 Å². The number of aryl methyl sites for hydroxylation is 2. The van der Waals surface area contributed by atoms with E-state index in [1.165, 1.54) is 15.4 Å². The molecular weight excluding hydrogens is 304 g/mol. The van der Waals surface area contributed by atoms with Gasteiger partial charge in [0.2, 0.25) is 10.0 Å². The first-order valence-corrected chi connectivity index (χ1v) is 9.28. The van der Waals surface area contributed by atoms with Crippen molar-refractivity contribution >= 4 is 27.2 Å². The third-order valence-electron chi connectivity index (χ3n) is 4.46. The lowest BCUT2D eigenvalue weighted by atomic mass is 10.1. The van der Waals surface area contributed by atoms with Gasteiger partial charge in [0.15, 0.2) is 0 Å². The quantitative estimate of drug-likeness (QED) is 0.864. The van der Waals surface area contributed by atoms with E-state index < -0.39 is 10.0 Å². The lowest BCUT2D eigenvalue weighted by molar-refractivity contribution is 0.306. The zero-order valence-corrected chi connectivity index (χ0v) is 13.5. The SMILES string of the molecule is NC(=S)C1CCCCN1S(=O)(=O)c1ccc2c(c1)CCC2. The Balaban J connectivity index is 1.97. The van der Waals surface area contributed by atoms with Crippen molar-refractivity contribution < 1.29 is 8.42 Å². The molecule has 1 unspecified atom stereocenters.